The lowest BCUT2D eigenvalue weighted by molar-refractivity contribution is -0.122. The quantitative estimate of drug-likeness (QED) is 0.594. The Morgan fingerprint density at radius 2 is 2.03 bits per heavy atom. The molecule has 0 saturated carbocycles. The third kappa shape index (κ3) is 5.05. The Kier molecular flexibility index (Phi) is 6.55. The molecule has 0 radical (unpaired) electrons. The number of piperidine rings is 1. The van der Waals surface area contributed by atoms with Crippen molar-refractivity contribution in [1.29, 1.82) is 0 Å². The summed E-state index contributed by atoms with van der Waals surface area (Å²) in [5.41, 5.74) is 1.80. The van der Waals surface area contributed by atoms with Gasteiger partial charge in [0.2, 0.25) is 5.24 Å². The lowest BCUT2D eigenvalue weighted by atomic mass is 9.74. The van der Waals surface area contributed by atoms with Crippen LogP contribution in [0.1, 0.15) is 37.9 Å². The summed E-state index contributed by atoms with van der Waals surface area (Å²) in [5, 5.41) is 6.54. The number of carbonyl (C=O) groups excluding carboxylic acids is 1. The molecule has 164 valence electrons. The molecular formula is C23H28ClN5OS. The summed E-state index contributed by atoms with van der Waals surface area (Å²) in [7, 11) is 0. The van der Waals surface area contributed by atoms with Crippen molar-refractivity contribution < 1.29 is 4.79 Å². The van der Waals surface area contributed by atoms with Crippen molar-refractivity contribution in [3.63, 3.8) is 0 Å². The van der Waals surface area contributed by atoms with Gasteiger partial charge in [-0.3, -0.25) is 9.69 Å². The Labute approximate surface area is 192 Å². The molecule has 4 heterocycles. The second-order valence-corrected chi connectivity index (χ2v) is 10.2. The van der Waals surface area contributed by atoms with E-state index in [4.69, 9.17) is 16.6 Å². The van der Waals surface area contributed by atoms with E-state index >= 15 is 0 Å². The molecule has 0 aliphatic carbocycles. The molecule has 8 heteroatoms. The molecule has 2 aliphatic heterocycles. The third-order valence-corrected chi connectivity index (χ3v) is 7.88. The van der Waals surface area contributed by atoms with Crippen LogP contribution in [0.4, 0.5) is 11.6 Å². The molecule has 1 atom stereocenters. The average molecular weight is 458 g/mol. The van der Waals surface area contributed by atoms with Gasteiger partial charge in [-0.25, -0.2) is 9.97 Å². The van der Waals surface area contributed by atoms with Gasteiger partial charge in [-0.1, -0.05) is 31.7 Å². The summed E-state index contributed by atoms with van der Waals surface area (Å²) in [6.45, 7) is 7.85. The van der Waals surface area contributed by atoms with Gasteiger partial charge in [-0.15, -0.1) is 0 Å². The van der Waals surface area contributed by atoms with E-state index in [1.807, 2.05) is 57.3 Å². The molecule has 0 aromatic carbocycles. The van der Waals surface area contributed by atoms with Gasteiger partial charge in [0.05, 0.1) is 10.6 Å². The summed E-state index contributed by atoms with van der Waals surface area (Å²) < 4.78 is 0. The van der Waals surface area contributed by atoms with Crippen LogP contribution in [0.5, 0.6) is 0 Å². The third-order valence-electron chi connectivity index (χ3n) is 6.16. The largest absolute Gasteiger partial charge is 0.366 e. The first kappa shape index (κ1) is 22.1. The molecule has 4 rings (SSSR count). The van der Waals surface area contributed by atoms with Crippen molar-refractivity contribution in [2.45, 2.75) is 39.1 Å². The summed E-state index contributed by atoms with van der Waals surface area (Å²) in [6, 6.07) is 9.95. The highest BCUT2D eigenvalue weighted by molar-refractivity contribution is 8.09. The zero-order valence-electron chi connectivity index (χ0n) is 18.1. The number of aryl methyl sites for hydroxylation is 1. The summed E-state index contributed by atoms with van der Waals surface area (Å²) in [4.78, 5) is 24.4. The lowest BCUT2D eigenvalue weighted by Crippen LogP contribution is -2.47. The number of rotatable bonds is 6. The number of halogens is 1. The molecule has 6 nitrogen and oxygen atoms in total. The van der Waals surface area contributed by atoms with E-state index in [1.54, 1.807) is 18.0 Å². The molecular weight excluding hydrogens is 430 g/mol. The Bertz CT molecular complexity index is 987. The Morgan fingerprint density at radius 3 is 2.74 bits per heavy atom. The van der Waals surface area contributed by atoms with Crippen LogP contribution < -0.4 is 10.6 Å². The first-order chi connectivity index (χ1) is 14.8. The van der Waals surface area contributed by atoms with Crippen LogP contribution >= 0.6 is 23.4 Å². The first-order valence-corrected chi connectivity index (χ1v) is 11.8. The number of carbonyl (C=O) groups is 1. The Balaban J connectivity index is 1.36. The topological polar surface area (TPSA) is 70.2 Å². The van der Waals surface area contributed by atoms with E-state index in [0.29, 0.717) is 5.92 Å². The van der Waals surface area contributed by atoms with Crippen LogP contribution in [0.25, 0.3) is 4.91 Å². The van der Waals surface area contributed by atoms with Crippen molar-refractivity contribution in [2.24, 2.45) is 11.3 Å². The molecule has 2 aliphatic rings. The highest BCUT2D eigenvalue weighted by atomic mass is 35.5. The van der Waals surface area contributed by atoms with Crippen LogP contribution in [-0.4, -0.2) is 38.7 Å². The van der Waals surface area contributed by atoms with Gasteiger partial charge in [-0.2, -0.15) is 0 Å². The highest BCUT2D eigenvalue weighted by Crippen LogP contribution is 2.40. The molecule has 0 spiro atoms. The number of pyridine rings is 2. The number of aromatic nitrogens is 2. The van der Waals surface area contributed by atoms with Crippen molar-refractivity contribution in [2.75, 3.05) is 18.4 Å². The maximum absolute atomic E-state index is 11.8. The SMILES string of the molecule is Cc1ccnc(Nc2cccc(C3=CNC(N4CCC(C(C)(C)C(=O)Cl)CC4)S3)n2)c1. The van der Waals surface area contributed by atoms with Crippen LogP contribution in [0, 0.1) is 18.3 Å². The molecule has 1 fully saturated rings. The van der Waals surface area contributed by atoms with Crippen LogP contribution in [0.15, 0.2) is 42.7 Å². The molecule has 0 amide bonds. The van der Waals surface area contributed by atoms with Crippen LogP contribution in [0.2, 0.25) is 0 Å². The molecule has 31 heavy (non-hydrogen) atoms. The van der Waals surface area contributed by atoms with E-state index in [9.17, 15) is 4.79 Å². The number of anilines is 2. The zero-order chi connectivity index (χ0) is 22.0. The molecule has 0 bridgehead atoms. The minimum atomic E-state index is -0.461. The number of hydrogen-bond donors (Lipinski definition) is 2. The standard InChI is InChI=1S/C23H28ClN5OS/c1-15-7-10-25-20(13-15)28-19-6-4-5-17(27-19)18-14-26-22(31-18)29-11-8-16(9-12-29)23(2,3)21(24)30/h4-7,10,13-14,16,22,26H,8-9,11-12H2,1-3H3,(H,25,27,28). The van der Waals surface area contributed by atoms with Crippen molar-refractivity contribution in [1.82, 2.24) is 20.2 Å². The number of nitrogens with zero attached hydrogens (tertiary/aromatic N) is 3. The second kappa shape index (κ2) is 9.18. The van der Waals surface area contributed by atoms with Crippen LogP contribution in [0.3, 0.4) is 0 Å². The number of hydrogen-bond acceptors (Lipinski definition) is 7. The molecule has 2 aromatic heterocycles. The molecule has 1 unspecified atom stereocenters. The fourth-order valence-corrected chi connectivity index (χ4v) is 5.30. The summed E-state index contributed by atoms with van der Waals surface area (Å²) in [5.74, 6) is 1.89. The minimum absolute atomic E-state index is 0.183. The minimum Gasteiger partial charge on any atom is -0.366 e. The normalized spacial score (nSPS) is 20.3. The maximum Gasteiger partial charge on any atom is 0.227 e. The highest BCUT2D eigenvalue weighted by Gasteiger charge is 2.39. The van der Waals surface area contributed by atoms with Crippen molar-refractivity contribution in [3.8, 4) is 0 Å². The van der Waals surface area contributed by atoms with Gasteiger partial charge < -0.3 is 10.6 Å². The maximum atomic E-state index is 11.8. The Morgan fingerprint density at radius 1 is 1.26 bits per heavy atom. The van der Waals surface area contributed by atoms with E-state index in [2.05, 4.69) is 20.5 Å². The predicted octanol–water partition coefficient (Wildman–Crippen LogP) is 4.95. The van der Waals surface area contributed by atoms with E-state index in [1.165, 1.54) is 0 Å². The number of thioether (sulfide) groups is 1. The second-order valence-electron chi connectivity index (χ2n) is 8.70. The van der Waals surface area contributed by atoms with Crippen LogP contribution in [-0.2, 0) is 4.79 Å². The van der Waals surface area contributed by atoms with E-state index in [-0.39, 0.29) is 10.7 Å². The fraction of sp³-hybridized carbons (Fsp3) is 0.435. The smallest absolute Gasteiger partial charge is 0.227 e. The fourth-order valence-electron chi connectivity index (χ4n) is 4.04. The van der Waals surface area contributed by atoms with Gasteiger partial charge in [0.25, 0.3) is 0 Å². The van der Waals surface area contributed by atoms with Crippen molar-refractivity contribution >= 4 is 45.1 Å². The molecule has 2 N–H and O–H groups in total. The lowest BCUT2D eigenvalue weighted by Gasteiger charge is -2.40. The van der Waals surface area contributed by atoms with Crippen molar-refractivity contribution in [3.05, 3.63) is 54.0 Å². The monoisotopic (exact) mass is 457 g/mol. The zero-order valence-corrected chi connectivity index (χ0v) is 19.6. The van der Waals surface area contributed by atoms with Gasteiger partial charge in [0.15, 0.2) is 0 Å². The first-order valence-electron chi connectivity index (χ1n) is 10.6. The van der Waals surface area contributed by atoms with Gasteiger partial charge >= 0.3 is 0 Å². The van der Waals surface area contributed by atoms with E-state index in [0.717, 1.165) is 53.7 Å². The molecule has 1 saturated heterocycles. The summed E-state index contributed by atoms with van der Waals surface area (Å²) >= 11 is 7.61. The van der Waals surface area contributed by atoms with Gasteiger partial charge in [0, 0.05) is 30.9 Å². The average Bonchev–Trinajstić information content (AvgIpc) is 3.24. The number of nitrogens with one attached hydrogen (secondary N) is 2. The predicted molar refractivity (Wildman–Crippen MR) is 128 cm³/mol. The van der Waals surface area contributed by atoms with Gasteiger partial charge in [-0.05, 0) is 67.1 Å². The molecule has 2 aromatic rings. The summed E-state index contributed by atoms with van der Waals surface area (Å²) in [6.07, 6.45) is 5.78. The Hall–Kier alpha value is -2.09. The number of likely N-dealkylation sites (tertiary alicyclic amines) is 1. The van der Waals surface area contributed by atoms with Gasteiger partial charge in [0.1, 0.15) is 17.1 Å². The van der Waals surface area contributed by atoms with E-state index < -0.39 is 5.41 Å².